The van der Waals surface area contributed by atoms with Crippen molar-refractivity contribution in [2.24, 2.45) is 0 Å². The van der Waals surface area contributed by atoms with Crippen LogP contribution in [0.3, 0.4) is 0 Å². The Bertz CT molecular complexity index is 1220. The molecule has 0 saturated carbocycles. The molecule has 8 heteroatoms. The van der Waals surface area contributed by atoms with Gasteiger partial charge in [0.25, 0.3) is 0 Å². The van der Waals surface area contributed by atoms with Gasteiger partial charge in [-0.25, -0.2) is 18.0 Å². The van der Waals surface area contributed by atoms with Crippen molar-refractivity contribution in [3.05, 3.63) is 75.6 Å². The third kappa shape index (κ3) is 4.44. The summed E-state index contributed by atoms with van der Waals surface area (Å²) in [6.07, 6.45) is 0. The van der Waals surface area contributed by atoms with Gasteiger partial charge in [-0.2, -0.15) is 4.31 Å². The SMILES string of the molecule is CCN(CC)S(=O)(=O)c1ccc(C(=O)OCc2cc(=O)oc3cc(C)ccc23)cc1. The van der Waals surface area contributed by atoms with E-state index in [1.807, 2.05) is 19.1 Å². The number of ether oxygens (including phenoxy) is 1. The van der Waals surface area contributed by atoms with Crippen LogP contribution in [0.1, 0.15) is 35.3 Å². The minimum Gasteiger partial charge on any atom is -0.457 e. The van der Waals surface area contributed by atoms with Crippen molar-refractivity contribution >= 4 is 27.0 Å². The van der Waals surface area contributed by atoms with Crippen LogP contribution < -0.4 is 5.63 Å². The van der Waals surface area contributed by atoms with Crippen molar-refractivity contribution in [1.82, 2.24) is 4.31 Å². The third-order valence-electron chi connectivity index (χ3n) is 4.78. The smallest absolute Gasteiger partial charge is 0.338 e. The number of nitrogens with zero attached hydrogens (tertiary/aromatic N) is 1. The lowest BCUT2D eigenvalue weighted by Gasteiger charge is -2.18. The summed E-state index contributed by atoms with van der Waals surface area (Å²) >= 11 is 0. The molecule has 1 heterocycles. The van der Waals surface area contributed by atoms with Crippen molar-refractivity contribution < 1.29 is 22.4 Å². The fraction of sp³-hybridized carbons (Fsp3) is 0.273. The van der Waals surface area contributed by atoms with E-state index in [1.165, 1.54) is 34.6 Å². The molecule has 0 radical (unpaired) electrons. The van der Waals surface area contributed by atoms with Crippen molar-refractivity contribution in [3.63, 3.8) is 0 Å². The zero-order valence-corrected chi connectivity index (χ0v) is 17.9. The Balaban J connectivity index is 1.78. The predicted molar refractivity (Wildman–Crippen MR) is 113 cm³/mol. The predicted octanol–water partition coefficient (Wildman–Crippen LogP) is 3.49. The largest absolute Gasteiger partial charge is 0.457 e. The topological polar surface area (TPSA) is 93.9 Å². The van der Waals surface area contributed by atoms with Gasteiger partial charge in [-0.1, -0.05) is 26.0 Å². The highest BCUT2D eigenvalue weighted by molar-refractivity contribution is 7.89. The lowest BCUT2D eigenvalue weighted by molar-refractivity contribution is 0.0473. The number of benzene rings is 2. The van der Waals surface area contributed by atoms with Crippen LogP contribution in [0.4, 0.5) is 0 Å². The highest BCUT2D eigenvalue weighted by Gasteiger charge is 2.22. The third-order valence-corrected chi connectivity index (χ3v) is 6.84. The van der Waals surface area contributed by atoms with Crippen LogP contribution in [0.5, 0.6) is 0 Å². The molecule has 0 N–H and O–H groups in total. The molecular weight excluding hydrogens is 406 g/mol. The summed E-state index contributed by atoms with van der Waals surface area (Å²) in [7, 11) is -3.60. The first-order chi connectivity index (χ1) is 14.3. The van der Waals surface area contributed by atoms with Crippen LogP contribution in [0.15, 0.2) is 62.6 Å². The van der Waals surface area contributed by atoms with Crippen molar-refractivity contribution in [2.45, 2.75) is 32.3 Å². The Morgan fingerprint density at radius 2 is 1.70 bits per heavy atom. The van der Waals surface area contributed by atoms with E-state index in [-0.39, 0.29) is 17.1 Å². The van der Waals surface area contributed by atoms with Gasteiger partial charge in [0.15, 0.2) is 0 Å². The summed E-state index contributed by atoms with van der Waals surface area (Å²) in [5.41, 5.74) is 1.61. The number of fused-ring (bicyclic) bond motifs is 1. The molecule has 158 valence electrons. The summed E-state index contributed by atoms with van der Waals surface area (Å²) in [5.74, 6) is -0.615. The standard InChI is InChI=1S/C22H23NO6S/c1-4-23(5-2)30(26,27)18-9-7-16(8-10-18)22(25)28-14-17-13-21(24)29-20-12-15(3)6-11-19(17)20/h6-13H,4-5,14H2,1-3H3. The van der Waals surface area contributed by atoms with E-state index in [4.69, 9.17) is 9.15 Å². The van der Waals surface area contributed by atoms with Crippen LogP contribution in [0.2, 0.25) is 0 Å². The number of rotatable bonds is 7. The molecule has 0 saturated heterocycles. The van der Waals surface area contributed by atoms with Gasteiger partial charge in [0.05, 0.1) is 10.5 Å². The quantitative estimate of drug-likeness (QED) is 0.422. The molecule has 0 aliphatic carbocycles. The van der Waals surface area contributed by atoms with Crippen LogP contribution in [-0.4, -0.2) is 31.8 Å². The minimum atomic E-state index is -3.60. The fourth-order valence-corrected chi connectivity index (χ4v) is 4.62. The Hall–Kier alpha value is -2.97. The second-order valence-corrected chi connectivity index (χ2v) is 8.72. The molecule has 0 aliphatic rings. The van der Waals surface area contributed by atoms with Crippen LogP contribution in [-0.2, 0) is 21.4 Å². The zero-order valence-electron chi connectivity index (χ0n) is 17.0. The first-order valence-corrected chi connectivity index (χ1v) is 11.0. The van der Waals surface area contributed by atoms with Gasteiger partial charge in [0.1, 0.15) is 12.2 Å². The van der Waals surface area contributed by atoms with E-state index in [1.54, 1.807) is 19.9 Å². The van der Waals surface area contributed by atoms with Crippen LogP contribution >= 0.6 is 0 Å². The van der Waals surface area contributed by atoms with Crippen molar-refractivity contribution in [1.29, 1.82) is 0 Å². The lowest BCUT2D eigenvalue weighted by Crippen LogP contribution is -2.30. The fourth-order valence-electron chi connectivity index (χ4n) is 3.16. The second-order valence-electron chi connectivity index (χ2n) is 6.78. The molecular formula is C22H23NO6S. The number of carbonyl (C=O) groups is 1. The summed E-state index contributed by atoms with van der Waals surface area (Å²) in [6.45, 7) is 6.03. The Labute approximate surface area is 174 Å². The number of hydrogen-bond acceptors (Lipinski definition) is 6. The molecule has 0 fully saturated rings. The number of sulfonamides is 1. The highest BCUT2D eigenvalue weighted by Crippen LogP contribution is 2.20. The number of esters is 1. The van der Waals surface area contributed by atoms with E-state index < -0.39 is 21.6 Å². The van der Waals surface area contributed by atoms with Gasteiger partial charge in [0, 0.05) is 30.1 Å². The van der Waals surface area contributed by atoms with Gasteiger partial charge in [-0.15, -0.1) is 0 Å². The Kier molecular flexibility index (Phi) is 6.38. The normalized spacial score (nSPS) is 11.7. The molecule has 0 amide bonds. The first-order valence-electron chi connectivity index (χ1n) is 9.57. The zero-order chi connectivity index (χ0) is 21.9. The van der Waals surface area contributed by atoms with E-state index in [0.29, 0.717) is 29.6 Å². The van der Waals surface area contributed by atoms with Gasteiger partial charge in [-0.3, -0.25) is 0 Å². The number of carbonyl (C=O) groups excluding carboxylic acids is 1. The van der Waals surface area contributed by atoms with E-state index in [0.717, 1.165) is 5.56 Å². The molecule has 2 aromatic carbocycles. The molecule has 0 aliphatic heterocycles. The van der Waals surface area contributed by atoms with Gasteiger partial charge in [-0.05, 0) is 42.8 Å². The minimum absolute atomic E-state index is 0.108. The average Bonchev–Trinajstić information content (AvgIpc) is 2.72. The monoisotopic (exact) mass is 429 g/mol. The molecule has 3 rings (SSSR count). The maximum Gasteiger partial charge on any atom is 0.338 e. The van der Waals surface area contributed by atoms with E-state index in [9.17, 15) is 18.0 Å². The molecule has 0 unspecified atom stereocenters. The maximum atomic E-state index is 12.5. The molecule has 0 atom stereocenters. The summed E-state index contributed by atoms with van der Waals surface area (Å²) in [5, 5.41) is 0.689. The van der Waals surface area contributed by atoms with Crippen molar-refractivity contribution in [2.75, 3.05) is 13.1 Å². The van der Waals surface area contributed by atoms with Gasteiger partial charge < -0.3 is 9.15 Å². The molecule has 0 spiro atoms. The molecule has 30 heavy (non-hydrogen) atoms. The number of aryl methyl sites for hydroxylation is 1. The van der Waals surface area contributed by atoms with Crippen LogP contribution in [0.25, 0.3) is 11.0 Å². The van der Waals surface area contributed by atoms with Crippen molar-refractivity contribution in [3.8, 4) is 0 Å². The molecule has 1 aromatic heterocycles. The molecule has 3 aromatic rings. The first kappa shape index (κ1) is 21.7. The van der Waals surface area contributed by atoms with E-state index >= 15 is 0 Å². The summed E-state index contributed by atoms with van der Waals surface area (Å²) in [6, 6.07) is 12.3. The Morgan fingerprint density at radius 3 is 2.33 bits per heavy atom. The average molecular weight is 429 g/mol. The lowest BCUT2D eigenvalue weighted by atomic mass is 10.1. The Morgan fingerprint density at radius 1 is 1.03 bits per heavy atom. The highest BCUT2D eigenvalue weighted by atomic mass is 32.2. The van der Waals surface area contributed by atoms with Gasteiger partial charge >= 0.3 is 11.6 Å². The molecule has 7 nitrogen and oxygen atoms in total. The summed E-state index contributed by atoms with van der Waals surface area (Å²) < 4.78 is 37.0. The second kappa shape index (κ2) is 8.81. The van der Waals surface area contributed by atoms with Crippen LogP contribution in [0, 0.1) is 6.92 Å². The van der Waals surface area contributed by atoms with Gasteiger partial charge in [0.2, 0.25) is 10.0 Å². The maximum absolute atomic E-state index is 12.5. The molecule has 0 bridgehead atoms. The summed E-state index contributed by atoms with van der Waals surface area (Å²) in [4.78, 5) is 24.3. The van der Waals surface area contributed by atoms with E-state index in [2.05, 4.69) is 0 Å². The number of hydrogen-bond donors (Lipinski definition) is 0.